The molecule has 0 amide bonds. The number of hydrogen-bond acceptors (Lipinski definition) is 3. The van der Waals surface area contributed by atoms with E-state index in [-0.39, 0.29) is 5.78 Å². The molecule has 1 atom stereocenters. The third-order valence-electron chi connectivity index (χ3n) is 4.60. The summed E-state index contributed by atoms with van der Waals surface area (Å²) in [5.74, 6) is -0.626. The lowest BCUT2D eigenvalue weighted by Gasteiger charge is -2.27. The minimum Gasteiger partial charge on any atom is -0.468 e. The van der Waals surface area contributed by atoms with E-state index in [1.807, 2.05) is 49.4 Å². The van der Waals surface area contributed by atoms with Crippen LogP contribution in [0, 0.1) is 5.41 Å². The molecule has 2 aromatic rings. The van der Waals surface area contributed by atoms with E-state index in [4.69, 9.17) is 4.74 Å². The average Bonchev–Trinajstić information content (AvgIpc) is 2.95. The fraction of sp³-hybridized carbons (Fsp3) is 0.263. The first-order chi connectivity index (χ1) is 10.6. The van der Waals surface area contributed by atoms with Gasteiger partial charge in [-0.2, -0.15) is 0 Å². The Morgan fingerprint density at radius 3 is 2.50 bits per heavy atom. The summed E-state index contributed by atoms with van der Waals surface area (Å²) in [4.78, 5) is 25.7. The number of esters is 1. The van der Waals surface area contributed by atoms with Gasteiger partial charge in [-0.05, 0) is 30.5 Å². The molecule has 0 heterocycles. The number of fused-ring (bicyclic) bond motifs is 1. The largest absolute Gasteiger partial charge is 0.468 e. The molecule has 3 heteroatoms. The Labute approximate surface area is 129 Å². The summed E-state index contributed by atoms with van der Waals surface area (Å²) in [7, 11) is 1.34. The zero-order valence-corrected chi connectivity index (χ0v) is 12.8. The highest BCUT2D eigenvalue weighted by Crippen LogP contribution is 2.43. The monoisotopic (exact) mass is 294 g/mol. The van der Waals surface area contributed by atoms with Crippen molar-refractivity contribution >= 4 is 22.5 Å². The average molecular weight is 294 g/mol. The van der Waals surface area contributed by atoms with E-state index in [2.05, 4.69) is 0 Å². The molecule has 1 aliphatic carbocycles. The fourth-order valence-electron chi connectivity index (χ4n) is 3.35. The van der Waals surface area contributed by atoms with E-state index in [0.717, 1.165) is 22.8 Å². The van der Waals surface area contributed by atoms with Crippen molar-refractivity contribution in [2.75, 3.05) is 7.11 Å². The van der Waals surface area contributed by atoms with Crippen LogP contribution in [0.1, 0.15) is 30.1 Å². The lowest BCUT2D eigenvalue weighted by atomic mass is 9.74. The number of rotatable bonds is 3. The Morgan fingerprint density at radius 2 is 1.82 bits per heavy atom. The van der Waals surface area contributed by atoms with Gasteiger partial charge in [0.2, 0.25) is 0 Å². The van der Waals surface area contributed by atoms with E-state index < -0.39 is 11.4 Å². The van der Waals surface area contributed by atoms with Gasteiger partial charge in [0.15, 0.2) is 11.2 Å². The van der Waals surface area contributed by atoms with E-state index in [1.165, 1.54) is 7.11 Å². The van der Waals surface area contributed by atoms with Gasteiger partial charge in [0.25, 0.3) is 0 Å². The van der Waals surface area contributed by atoms with Crippen LogP contribution in [-0.2, 0) is 9.53 Å². The lowest BCUT2D eigenvalue weighted by Crippen LogP contribution is -2.39. The van der Waals surface area contributed by atoms with E-state index >= 15 is 0 Å². The summed E-state index contributed by atoms with van der Waals surface area (Å²) in [6.45, 7) is 1.84. The van der Waals surface area contributed by atoms with Crippen molar-refractivity contribution in [1.29, 1.82) is 0 Å². The number of ketones is 1. The third kappa shape index (κ3) is 1.97. The van der Waals surface area contributed by atoms with Crippen LogP contribution < -0.4 is 0 Å². The molecule has 22 heavy (non-hydrogen) atoms. The van der Waals surface area contributed by atoms with Crippen LogP contribution in [0.15, 0.2) is 54.1 Å². The Balaban J connectivity index is 2.19. The Hall–Kier alpha value is -2.42. The molecule has 0 saturated carbocycles. The maximum absolute atomic E-state index is 13.3. The second-order valence-electron chi connectivity index (χ2n) is 5.68. The highest BCUT2D eigenvalue weighted by Gasteiger charge is 2.50. The van der Waals surface area contributed by atoms with Gasteiger partial charge in [-0.25, -0.2) is 0 Å². The van der Waals surface area contributed by atoms with Crippen molar-refractivity contribution in [3.63, 3.8) is 0 Å². The summed E-state index contributed by atoms with van der Waals surface area (Å²) < 4.78 is 4.96. The van der Waals surface area contributed by atoms with Gasteiger partial charge in [-0.15, -0.1) is 0 Å². The van der Waals surface area contributed by atoms with Gasteiger partial charge in [-0.1, -0.05) is 54.1 Å². The molecular formula is C19H18O3. The first-order valence-corrected chi connectivity index (χ1v) is 7.39. The van der Waals surface area contributed by atoms with Crippen LogP contribution in [0.3, 0.4) is 0 Å². The summed E-state index contributed by atoms with van der Waals surface area (Å²) in [5.41, 5.74) is 0.203. The van der Waals surface area contributed by atoms with Crippen LogP contribution in [0.25, 0.3) is 10.8 Å². The Kier molecular flexibility index (Phi) is 3.57. The minimum absolute atomic E-state index is 0.164. The molecule has 0 N–H and O–H groups in total. The fourth-order valence-corrected chi connectivity index (χ4v) is 3.35. The van der Waals surface area contributed by atoms with Crippen molar-refractivity contribution in [2.24, 2.45) is 5.41 Å². The topological polar surface area (TPSA) is 43.4 Å². The molecule has 2 aromatic carbocycles. The van der Waals surface area contributed by atoms with Crippen molar-refractivity contribution in [1.82, 2.24) is 0 Å². The molecule has 0 aromatic heterocycles. The quantitative estimate of drug-likeness (QED) is 0.373. The highest BCUT2D eigenvalue weighted by atomic mass is 16.5. The minimum atomic E-state index is -1.17. The second-order valence-corrected chi connectivity index (χ2v) is 5.68. The maximum Gasteiger partial charge on any atom is 0.323 e. The molecular weight excluding hydrogens is 276 g/mol. The third-order valence-corrected chi connectivity index (χ3v) is 4.60. The zero-order chi connectivity index (χ0) is 15.7. The van der Waals surface area contributed by atoms with Crippen LogP contribution in [0.4, 0.5) is 0 Å². The normalized spacial score (nSPS) is 20.7. The number of carbonyl (C=O) groups is 2. The van der Waals surface area contributed by atoms with Crippen molar-refractivity contribution in [3.05, 3.63) is 59.7 Å². The van der Waals surface area contributed by atoms with Crippen LogP contribution >= 0.6 is 0 Å². The molecule has 0 spiro atoms. The first kappa shape index (κ1) is 14.5. The van der Waals surface area contributed by atoms with Gasteiger partial charge in [-0.3, -0.25) is 9.59 Å². The molecule has 1 unspecified atom stereocenters. The van der Waals surface area contributed by atoms with Crippen molar-refractivity contribution < 1.29 is 14.3 Å². The van der Waals surface area contributed by atoms with Gasteiger partial charge >= 0.3 is 5.97 Å². The summed E-state index contributed by atoms with van der Waals surface area (Å²) in [5, 5.41) is 1.87. The SMILES string of the molecule is COC(=O)C1(C(=O)c2cccc3ccccc23)CCC=C1C. The number of benzene rings is 2. The molecule has 3 nitrogen and oxygen atoms in total. The zero-order valence-electron chi connectivity index (χ0n) is 12.8. The molecule has 0 radical (unpaired) electrons. The van der Waals surface area contributed by atoms with E-state index in [0.29, 0.717) is 12.0 Å². The van der Waals surface area contributed by atoms with Crippen LogP contribution in [-0.4, -0.2) is 18.9 Å². The Bertz CT molecular complexity index is 783. The number of hydrogen-bond donors (Lipinski definition) is 0. The smallest absolute Gasteiger partial charge is 0.323 e. The molecule has 1 aliphatic rings. The van der Waals surface area contributed by atoms with Crippen molar-refractivity contribution in [3.8, 4) is 0 Å². The number of allylic oxidation sites excluding steroid dienone is 1. The molecule has 112 valence electrons. The molecule has 0 bridgehead atoms. The van der Waals surface area contributed by atoms with Gasteiger partial charge < -0.3 is 4.74 Å². The summed E-state index contributed by atoms with van der Waals surface area (Å²) >= 11 is 0. The molecule has 0 aliphatic heterocycles. The van der Waals surface area contributed by atoms with E-state index in [1.54, 1.807) is 6.07 Å². The van der Waals surface area contributed by atoms with E-state index in [9.17, 15) is 9.59 Å². The highest BCUT2D eigenvalue weighted by molar-refractivity contribution is 6.20. The van der Waals surface area contributed by atoms with Gasteiger partial charge in [0, 0.05) is 5.56 Å². The Morgan fingerprint density at radius 1 is 1.09 bits per heavy atom. The predicted molar refractivity (Wildman–Crippen MR) is 85.7 cm³/mol. The second kappa shape index (κ2) is 5.41. The van der Waals surface area contributed by atoms with Crippen LogP contribution in [0.2, 0.25) is 0 Å². The van der Waals surface area contributed by atoms with Crippen molar-refractivity contribution in [2.45, 2.75) is 19.8 Å². The molecule has 3 rings (SSSR count). The maximum atomic E-state index is 13.3. The molecule has 0 saturated heterocycles. The van der Waals surface area contributed by atoms with Gasteiger partial charge in [0.05, 0.1) is 7.11 Å². The number of Topliss-reactive ketones (excluding diaryl/α,β-unsaturated/α-hetero) is 1. The number of ether oxygens (including phenoxy) is 1. The lowest BCUT2D eigenvalue weighted by molar-refractivity contribution is -0.147. The summed E-state index contributed by atoms with van der Waals surface area (Å²) in [6, 6.07) is 13.3. The first-order valence-electron chi connectivity index (χ1n) is 7.39. The van der Waals surface area contributed by atoms with Crippen LogP contribution in [0.5, 0.6) is 0 Å². The predicted octanol–water partition coefficient (Wildman–Crippen LogP) is 3.92. The van der Waals surface area contributed by atoms with Gasteiger partial charge in [0.1, 0.15) is 0 Å². The summed E-state index contributed by atoms with van der Waals surface area (Å²) in [6.07, 6.45) is 3.16. The molecule has 0 fully saturated rings. The number of methoxy groups -OCH3 is 1. The number of carbonyl (C=O) groups excluding carboxylic acids is 2. The standard InChI is InChI=1S/C19H18O3/c1-13-7-6-12-19(13,18(21)22-2)17(20)16-11-5-9-14-8-3-4-10-15(14)16/h3-5,7-11H,6,12H2,1-2H3.